The van der Waals surface area contributed by atoms with Crippen LogP contribution in [0.1, 0.15) is 126 Å². The van der Waals surface area contributed by atoms with Crippen molar-refractivity contribution in [1.29, 1.82) is 0 Å². The molecule has 21 heteroatoms. The largest absolute Gasteiger partial charge is 0.508 e. The molecule has 2 heterocycles. The van der Waals surface area contributed by atoms with Gasteiger partial charge in [0.1, 0.15) is 29.9 Å². The first-order valence-electron chi connectivity index (χ1n) is 25.0. The van der Waals surface area contributed by atoms with Crippen LogP contribution in [0.5, 0.6) is 5.75 Å². The molecular formula is C54H78Cl2N10O9. The molecule has 0 saturated carbocycles. The summed E-state index contributed by atoms with van der Waals surface area (Å²) in [7, 11) is 3.25. The van der Waals surface area contributed by atoms with Gasteiger partial charge in [0.25, 0.3) is 11.8 Å². The van der Waals surface area contributed by atoms with Crippen LogP contribution in [0.4, 0.5) is 0 Å². The van der Waals surface area contributed by atoms with Gasteiger partial charge in [-0.2, -0.15) is 0 Å². The summed E-state index contributed by atoms with van der Waals surface area (Å²) in [6.07, 6.45) is 0.0253. The second kappa shape index (κ2) is 27.0. The van der Waals surface area contributed by atoms with Crippen LogP contribution in [0.15, 0.2) is 78.9 Å². The van der Waals surface area contributed by atoms with Crippen molar-refractivity contribution in [2.75, 3.05) is 27.2 Å². The van der Waals surface area contributed by atoms with Crippen molar-refractivity contribution in [2.24, 2.45) is 10.8 Å². The predicted molar refractivity (Wildman–Crippen MR) is 291 cm³/mol. The molecule has 2 saturated heterocycles. The van der Waals surface area contributed by atoms with Gasteiger partial charge in [-0.15, -0.1) is 24.8 Å². The Morgan fingerprint density at radius 3 is 1.17 bits per heavy atom. The van der Waals surface area contributed by atoms with Crippen LogP contribution in [0, 0.1) is 10.8 Å². The molecule has 0 aliphatic carbocycles. The third kappa shape index (κ3) is 16.4. The fourth-order valence-electron chi connectivity index (χ4n) is 8.97. The lowest BCUT2D eigenvalue weighted by Gasteiger charge is -2.36. The Balaban J connectivity index is 0.00000741. The molecular weight excluding hydrogens is 1000 g/mol. The van der Waals surface area contributed by atoms with Crippen molar-refractivity contribution in [3.8, 4) is 5.75 Å². The fraction of sp³-hybridized carbons (Fsp3) is 0.519. The lowest BCUT2D eigenvalue weighted by Crippen LogP contribution is -2.59. The molecule has 10 atom stereocenters. The molecule has 0 spiro atoms. The first-order chi connectivity index (χ1) is 34.2. The summed E-state index contributed by atoms with van der Waals surface area (Å²) in [5, 5.41) is 34.2. The van der Waals surface area contributed by atoms with E-state index in [1.807, 2.05) is 74.5 Å². The molecule has 2 fully saturated rings. The topological polar surface area (TPSA) is 260 Å². The lowest BCUT2D eigenvalue weighted by atomic mass is 9.85. The first kappa shape index (κ1) is 63.0. The van der Waals surface area contributed by atoms with Crippen molar-refractivity contribution in [2.45, 2.75) is 142 Å². The number of likely N-dealkylation sites (N-methyl/N-ethyl adjacent to an activating group) is 2. The van der Waals surface area contributed by atoms with Gasteiger partial charge >= 0.3 is 0 Å². The molecule has 3 aromatic carbocycles. The highest BCUT2D eigenvalue weighted by atomic mass is 35.5. The second-order valence-corrected chi connectivity index (χ2v) is 21.5. The number of nitrogens with one attached hydrogen (secondary N) is 8. The maximum absolute atomic E-state index is 14.6. The van der Waals surface area contributed by atoms with Gasteiger partial charge in [0.2, 0.25) is 35.4 Å². The number of hydrogen-bond acceptors (Lipinski definition) is 11. The Labute approximate surface area is 453 Å². The zero-order valence-corrected chi connectivity index (χ0v) is 46.7. The van der Waals surface area contributed by atoms with Gasteiger partial charge in [-0.05, 0) is 94.8 Å². The fourth-order valence-corrected chi connectivity index (χ4v) is 8.97. The standard InChI is InChI=1S/C54H76N10O9.2ClH/c1-30(34-19-15-13-16-20-34)57-49(70)41-26-38(28-63(41)51(72)43(53(5,6)7)61-45(66)32(3)55-11)59-47(68)36-23-37(25-40(65)24-36)48(69)60-39-27-42(50(71)58-31(2)35-21-17-14-18-22-35)64(29-39)52(73)44(54(8,9)10)62-46(67)33(4)56-12;;/h13-25,30-33,38-39,41-44,55-56,65H,26-29H2,1-12H3,(H,57,70)(H,58,71)(H,59,68)(H,60,69)(H,61,66)(H,62,67);2*1H/t30-,31-,32+,33+,38+,39+,41+,42+,43-,44-;;/m1../s1. The van der Waals surface area contributed by atoms with E-state index in [1.54, 1.807) is 69.5 Å². The van der Waals surface area contributed by atoms with Gasteiger partial charge in [-0.3, -0.25) is 38.4 Å². The summed E-state index contributed by atoms with van der Waals surface area (Å²) in [6, 6.07) is 14.5. The smallest absolute Gasteiger partial charge is 0.251 e. The van der Waals surface area contributed by atoms with E-state index in [-0.39, 0.29) is 61.9 Å². The van der Waals surface area contributed by atoms with E-state index in [9.17, 15) is 43.5 Å². The number of hydrogen-bond donors (Lipinski definition) is 9. The molecule has 19 nitrogen and oxygen atoms in total. The van der Waals surface area contributed by atoms with E-state index >= 15 is 0 Å². The van der Waals surface area contributed by atoms with Gasteiger partial charge in [0.05, 0.1) is 24.2 Å². The number of halogens is 2. The second-order valence-electron chi connectivity index (χ2n) is 21.5. The normalized spacial score (nSPS) is 19.8. The van der Waals surface area contributed by atoms with E-state index in [4.69, 9.17) is 0 Å². The number of rotatable bonds is 18. The number of aromatic hydroxyl groups is 1. The number of benzene rings is 3. The van der Waals surface area contributed by atoms with Gasteiger partial charge in [0, 0.05) is 36.3 Å². The minimum atomic E-state index is -1.05. The van der Waals surface area contributed by atoms with Crippen molar-refractivity contribution >= 4 is 72.1 Å². The van der Waals surface area contributed by atoms with Crippen LogP contribution in [-0.4, -0.2) is 138 Å². The summed E-state index contributed by atoms with van der Waals surface area (Å²) in [5.74, 6) is -4.55. The summed E-state index contributed by atoms with van der Waals surface area (Å²) < 4.78 is 0. The third-order valence-electron chi connectivity index (χ3n) is 13.7. The molecule has 2 aliphatic rings. The minimum absolute atomic E-state index is 0. The number of carbonyl (C=O) groups is 8. The monoisotopic (exact) mass is 1080 g/mol. The molecule has 3 aromatic rings. The quantitative estimate of drug-likeness (QED) is 0.0889. The summed E-state index contributed by atoms with van der Waals surface area (Å²) in [4.78, 5) is 115. The molecule has 0 unspecified atom stereocenters. The van der Waals surface area contributed by atoms with E-state index in [2.05, 4.69) is 42.5 Å². The summed E-state index contributed by atoms with van der Waals surface area (Å²) in [5.41, 5.74) is -0.0666. The van der Waals surface area contributed by atoms with Crippen LogP contribution in [0.3, 0.4) is 0 Å². The number of nitrogens with zero attached hydrogens (tertiary/aromatic N) is 2. The molecule has 8 amide bonds. The Morgan fingerprint density at radius 1 is 0.533 bits per heavy atom. The Hall–Kier alpha value is -6.28. The molecule has 0 radical (unpaired) electrons. The van der Waals surface area contributed by atoms with E-state index in [0.29, 0.717) is 0 Å². The molecule has 412 valence electrons. The highest BCUT2D eigenvalue weighted by molar-refractivity contribution is 6.01. The molecule has 0 aromatic heterocycles. The SMILES string of the molecule is CN[C@@H](C)C(=O)N[C@H](C(=O)N1C[C@@H](NC(=O)c2cc(O)cc(C(=O)N[C@H]3C[C@@H](C(=O)N[C@H](C)c4ccccc4)N(C(=O)[C@@H](NC(=O)[C@H](C)NC)C(C)(C)C)C3)c2)C[C@H]1C(=O)N[C@H](C)c1ccccc1)C(C)(C)C.Cl.Cl. The molecule has 5 rings (SSSR count). The third-order valence-corrected chi connectivity index (χ3v) is 13.7. The first-order valence-corrected chi connectivity index (χ1v) is 25.0. The number of phenols is 1. The zero-order valence-electron chi connectivity index (χ0n) is 45.0. The van der Waals surface area contributed by atoms with Gasteiger partial charge in [-0.1, -0.05) is 102 Å². The van der Waals surface area contributed by atoms with E-state index in [1.165, 1.54) is 28.0 Å². The maximum Gasteiger partial charge on any atom is 0.251 e. The van der Waals surface area contributed by atoms with Crippen LogP contribution in [-0.2, 0) is 28.8 Å². The lowest BCUT2D eigenvalue weighted by molar-refractivity contribution is -0.144. The van der Waals surface area contributed by atoms with Crippen molar-refractivity contribution < 1.29 is 43.5 Å². The Morgan fingerprint density at radius 2 is 0.867 bits per heavy atom. The molecule has 2 aliphatic heterocycles. The van der Waals surface area contributed by atoms with Crippen molar-refractivity contribution in [3.63, 3.8) is 0 Å². The molecule has 75 heavy (non-hydrogen) atoms. The van der Waals surface area contributed by atoms with Crippen molar-refractivity contribution in [3.05, 3.63) is 101 Å². The minimum Gasteiger partial charge on any atom is -0.508 e. The Bertz CT molecular complexity index is 2320. The Kier molecular flexibility index (Phi) is 22.7. The maximum atomic E-state index is 14.6. The van der Waals surface area contributed by atoms with E-state index < -0.39 is 124 Å². The number of phenolic OH excluding ortho intramolecular Hbond substituents is 1. The number of carbonyl (C=O) groups excluding carboxylic acids is 8. The number of likely N-dealkylation sites (tertiary alicyclic amines) is 2. The summed E-state index contributed by atoms with van der Waals surface area (Å²) >= 11 is 0. The highest BCUT2D eigenvalue weighted by Crippen LogP contribution is 2.30. The van der Waals surface area contributed by atoms with Gasteiger partial charge < -0.3 is 57.4 Å². The summed E-state index contributed by atoms with van der Waals surface area (Å²) in [6.45, 7) is 17.6. The van der Waals surface area contributed by atoms with Crippen LogP contribution < -0.4 is 42.5 Å². The molecule has 0 bridgehead atoms. The van der Waals surface area contributed by atoms with E-state index in [0.717, 1.165) is 11.1 Å². The van der Waals surface area contributed by atoms with Crippen LogP contribution >= 0.6 is 24.8 Å². The number of amides is 8. The highest BCUT2D eigenvalue weighted by Gasteiger charge is 2.47. The molecule has 9 N–H and O–H groups in total. The van der Waals surface area contributed by atoms with Crippen LogP contribution in [0.25, 0.3) is 0 Å². The average molecular weight is 1080 g/mol. The average Bonchev–Trinajstić information content (AvgIpc) is 3.98. The van der Waals surface area contributed by atoms with Crippen molar-refractivity contribution in [1.82, 2.24) is 52.3 Å². The zero-order chi connectivity index (χ0) is 54.1. The van der Waals surface area contributed by atoms with Gasteiger partial charge in [-0.25, -0.2) is 0 Å². The van der Waals surface area contributed by atoms with Crippen LogP contribution in [0.2, 0.25) is 0 Å². The van der Waals surface area contributed by atoms with Gasteiger partial charge in [0.15, 0.2) is 0 Å². The predicted octanol–water partition coefficient (Wildman–Crippen LogP) is 3.67.